The van der Waals surface area contributed by atoms with Crippen molar-refractivity contribution < 1.29 is 47.7 Å². The Hall–Kier alpha value is -1.96. The normalized spacial score (nSPS) is 27.4. The minimum atomic E-state index is -4.85. The van der Waals surface area contributed by atoms with Crippen molar-refractivity contribution in [3.05, 3.63) is 58.8 Å². The Labute approximate surface area is 226 Å². The molecule has 39 heavy (non-hydrogen) atoms. The Kier molecular flexibility index (Phi) is 7.90. The summed E-state index contributed by atoms with van der Waals surface area (Å²) in [4.78, 5) is 34.0. The fourth-order valence-electron chi connectivity index (χ4n) is 5.06. The molecule has 5 rings (SSSR count). The van der Waals surface area contributed by atoms with E-state index in [0.29, 0.717) is 29.9 Å². The molecule has 4 heterocycles. The van der Waals surface area contributed by atoms with E-state index in [0.717, 1.165) is 6.42 Å². The van der Waals surface area contributed by atoms with Crippen molar-refractivity contribution in [2.45, 2.75) is 43.3 Å². The van der Waals surface area contributed by atoms with Gasteiger partial charge in [0.25, 0.3) is 0 Å². The van der Waals surface area contributed by atoms with E-state index in [-0.39, 0.29) is 22.7 Å². The second-order valence-corrected chi connectivity index (χ2v) is 13.8. The Balaban J connectivity index is 1.42. The molecule has 5 N–H and O–H groups in total. The van der Waals surface area contributed by atoms with Crippen molar-refractivity contribution in [2.24, 2.45) is 0 Å². The summed E-state index contributed by atoms with van der Waals surface area (Å²) in [6.07, 6.45) is -2.73. The summed E-state index contributed by atoms with van der Waals surface area (Å²) in [5, 5.41) is 25.6. The molecular formula is C22H26ClFN4O9P2. The Bertz CT molecular complexity index is 1470. The maximum absolute atomic E-state index is 14.6. The number of aliphatic hydroxyl groups is 2. The van der Waals surface area contributed by atoms with Gasteiger partial charge in [-0.05, 0) is 18.9 Å². The van der Waals surface area contributed by atoms with Gasteiger partial charge in [0.2, 0.25) is 0 Å². The molecule has 0 spiro atoms. The van der Waals surface area contributed by atoms with Crippen LogP contribution < -0.4 is 4.90 Å². The highest BCUT2D eigenvalue weighted by Gasteiger charge is 2.46. The molecule has 13 nitrogen and oxygen atoms in total. The molecule has 1 unspecified atom stereocenters. The highest BCUT2D eigenvalue weighted by atomic mass is 35.5. The molecule has 2 aromatic heterocycles. The lowest BCUT2D eigenvalue weighted by molar-refractivity contribution is -0.0204. The topological polar surface area (TPSA) is 187 Å². The Morgan fingerprint density at radius 1 is 1.18 bits per heavy atom. The third-order valence-electron chi connectivity index (χ3n) is 6.73. The van der Waals surface area contributed by atoms with Crippen molar-refractivity contribution in [3.63, 3.8) is 0 Å². The number of imidazole rings is 1. The minimum absolute atomic E-state index is 0.0857. The van der Waals surface area contributed by atoms with Gasteiger partial charge < -0.3 is 39.1 Å². The summed E-state index contributed by atoms with van der Waals surface area (Å²) >= 11 is 6.35. The van der Waals surface area contributed by atoms with E-state index in [1.807, 2.05) is 4.90 Å². The second kappa shape index (κ2) is 10.8. The van der Waals surface area contributed by atoms with Crippen LogP contribution >= 0.6 is 26.8 Å². The van der Waals surface area contributed by atoms with Crippen LogP contribution in [0.1, 0.15) is 36.2 Å². The second-order valence-electron chi connectivity index (χ2n) is 9.46. The summed E-state index contributed by atoms with van der Waals surface area (Å²) < 4.78 is 49.5. The smallest absolute Gasteiger partial charge is 0.340 e. The van der Waals surface area contributed by atoms with Gasteiger partial charge in [-0.25, -0.2) is 13.9 Å². The lowest BCUT2D eigenvalue weighted by atomic mass is 10.0. The van der Waals surface area contributed by atoms with Crippen LogP contribution in [0.4, 0.5) is 10.1 Å². The van der Waals surface area contributed by atoms with Crippen LogP contribution in [-0.4, -0.2) is 76.9 Å². The number of benzene rings is 1. The fraction of sp³-hybridized carbons (Fsp3) is 0.455. The number of nitrogens with zero attached hydrogens (tertiary/aromatic N) is 4. The largest absolute Gasteiger partial charge is 0.387 e. The van der Waals surface area contributed by atoms with Crippen LogP contribution in [0.25, 0.3) is 5.65 Å². The minimum Gasteiger partial charge on any atom is -0.387 e. The number of aromatic nitrogens is 3. The van der Waals surface area contributed by atoms with Crippen LogP contribution in [0.5, 0.6) is 0 Å². The van der Waals surface area contributed by atoms with E-state index < -0.39 is 52.1 Å². The SMILES string of the molecule is O=P(O)(O)CP(=O)(O)OC[C@H]1O[C@@H](c2cnc3c(N4CCC[C@H]4c4ccccc4F)cc(Cl)nn23)[C@H](O)[C@@H]1O. The standard InChI is InChI=1S/C22H26ClFN4O9P2/c23-18-8-15(27-7-3-6-14(27)12-4-1-2-5-13(12)24)22-25-9-16(28(22)26-18)21-20(30)19(29)17(37-21)10-36-39(34,35)11-38(31,32)33/h1-2,4-5,8-9,14,17,19-21,29-30H,3,6-7,10-11H2,(H,34,35)(H2,31,32,33)/t14-,17+,19+,20+,21-/m0/s1. The first-order chi connectivity index (χ1) is 18.3. The van der Waals surface area contributed by atoms with Crippen LogP contribution in [-0.2, 0) is 18.4 Å². The third-order valence-corrected chi connectivity index (χ3v) is 10.4. The van der Waals surface area contributed by atoms with Crippen molar-refractivity contribution >= 4 is 38.1 Å². The number of ether oxygens (including phenoxy) is 1. The molecule has 1 aromatic carbocycles. The fourth-order valence-corrected chi connectivity index (χ4v) is 7.81. The van der Waals surface area contributed by atoms with E-state index >= 15 is 0 Å². The van der Waals surface area contributed by atoms with Crippen LogP contribution in [0.2, 0.25) is 5.15 Å². The third kappa shape index (κ3) is 5.91. The van der Waals surface area contributed by atoms with Gasteiger partial charge in [-0.2, -0.15) is 5.10 Å². The van der Waals surface area contributed by atoms with Crippen LogP contribution in [0, 0.1) is 5.82 Å². The number of aliphatic hydroxyl groups excluding tert-OH is 2. The monoisotopic (exact) mass is 606 g/mol. The first-order valence-corrected chi connectivity index (χ1v) is 15.9. The molecule has 0 amide bonds. The Morgan fingerprint density at radius 3 is 2.64 bits per heavy atom. The van der Waals surface area contributed by atoms with Gasteiger partial charge in [0.1, 0.15) is 30.2 Å². The van der Waals surface area contributed by atoms with Gasteiger partial charge in [-0.3, -0.25) is 9.13 Å². The van der Waals surface area contributed by atoms with Crippen molar-refractivity contribution in [3.8, 4) is 0 Å². The van der Waals surface area contributed by atoms with Gasteiger partial charge in [0.05, 0.1) is 30.2 Å². The zero-order valence-corrected chi connectivity index (χ0v) is 22.7. The molecule has 2 saturated heterocycles. The van der Waals surface area contributed by atoms with E-state index in [1.165, 1.54) is 16.8 Å². The average Bonchev–Trinajstić information content (AvgIpc) is 3.55. The number of halogens is 2. The highest BCUT2D eigenvalue weighted by Crippen LogP contribution is 2.55. The molecule has 6 atom stereocenters. The first kappa shape index (κ1) is 28.6. The number of hydrogen-bond donors (Lipinski definition) is 5. The number of hydrogen-bond acceptors (Lipinski definition) is 9. The molecular weight excluding hydrogens is 581 g/mol. The lowest BCUT2D eigenvalue weighted by Crippen LogP contribution is -2.33. The van der Waals surface area contributed by atoms with Crippen LogP contribution in [0.3, 0.4) is 0 Å². The van der Waals surface area contributed by atoms with E-state index in [1.54, 1.807) is 24.3 Å². The number of fused-ring (bicyclic) bond motifs is 1. The molecule has 0 saturated carbocycles. The molecule has 3 aromatic rings. The summed E-state index contributed by atoms with van der Waals surface area (Å²) in [6, 6.07) is 7.87. The molecule has 0 radical (unpaired) electrons. The van der Waals surface area contributed by atoms with Gasteiger partial charge in [0, 0.05) is 18.2 Å². The summed E-state index contributed by atoms with van der Waals surface area (Å²) in [5.41, 5.74) is 1.68. The zero-order valence-electron chi connectivity index (χ0n) is 20.2. The molecule has 0 bridgehead atoms. The molecule has 2 aliphatic heterocycles. The van der Waals surface area contributed by atoms with E-state index in [2.05, 4.69) is 10.1 Å². The van der Waals surface area contributed by atoms with Gasteiger partial charge in [-0.1, -0.05) is 29.8 Å². The van der Waals surface area contributed by atoms with Crippen molar-refractivity contribution in [2.75, 3.05) is 24.0 Å². The van der Waals surface area contributed by atoms with Gasteiger partial charge in [0.15, 0.2) is 16.7 Å². The zero-order chi connectivity index (χ0) is 28.1. The van der Waals surface area contributed by atoms with Crippen LogP contribution in [0.15, 0.2) is 36.5 Å². The first-order valence-electron chi connectivity index (χ1n) is 11.9. The average molecular weight is 607 g/mol. The van der Waals surface area contributed by atoms with E-state index in [4.69, 9.17) is 30.6 Å². The molecule has 0 aliphatic carbocycles. The quantitative estimate of drug-likeness (QED) is 0.236. The molecule has 2 fully saturated rings. The Morgan fingerprint density at radius 2 is 1.92 bits per heavy atom. The van der Waals surface area contributed by atoms with E-state index in [9.17, 15) is 28.6 Å². The molecule has 212 valence electrons. The predicted molar refractivity (Wildman–Crippen MR) is 136 cm³/mol. The predicted octanol–water partition coefficient (Wildman–Crippen LogP) is 2.36. The summed E-state index contributed by atoms with van der Waals surface area (Å²) in [5.74, 6) is -1.73. The maximum atomic E-state index is 14.6. The molecule has 2 aliphatic rings. The number of rotatable bonds is 8. The summed E-state index contributed by atoms with van der Waals surface area (Å²) in [7, 11) is -9.56. The number of anilines is 1. The highest BCUT2D eigenvalue weighted by molar-refractivity contribution is 7.70. The van der Waals surface area contributed by atoms with Gasteiger partial charge >= 0.3 is 15.2 Å². The maximum Gasteiger partial charge on any atom is 0.340 e. The van der Waals surface area contributed by atoms with Crippen molar-refractivity contribution in [1.82, 2.24) is 14.6 Å². The van der Waals surface area contributed by atoms with Crippen molar-refractivity contribution in [1.29, 1.82) is 0 Å². The molecule has 17 heteroatoms. The lowest BCUT2D eigenvalue weighted by Gasteiger charge is -2.28. The van der Waals surface area contributed by atoms with Gasteiger partial charge in [-0.15, -0.1) is 0 Å². The summed E-state index contributed by atoms with van der Waals surface area (Å²) in [6.45, 7) is -0.121.